The van der Waals surface area contributed by atoms with E-state index < -0.39 is 18.3 Å². The average molecular weight is 867 g/mol. The Balaban J connectivity index is 0.00000266. The van der Waals surface area contributed by atoms with E-state index in [0.29, 0.717) is 5.92 Å². The fourth-order valence-corrected chi connectivity index (χ4v) is 43.8. The Labute approximate surface area is 353 Å². The van der Waals surface area contributed by atoms with Gasteiger partial charge in [0.05, 0.1) is 0 Å². The van der Waals surface area contributed by atoms with Crippen LogP contribution in [-0.4, -0.2) is 4.21 Å². The van der Waals surface area contributed by atoms with Crippen LogP contribution < -0.4 is 0 Å². The zero-order valence-corrected chi connectivity index (χ0v) is 40.5. The number of benzene rings is 3. The standard InChI is InChI=1S/C29H37.2C9H11.C5H5.CH2.2ClH.Zr/c1-18-25-22-17-19-13-9-10-14-20(19)24(22)21-15-11-12-16-23(21)29(25,8)28(6,7)27(4,5)26(18,2)3;2*1-8(2)9-6-4-3-5-7-9;1-2-4-5-3-1;;;;/h9-11,13-15,23H,12,16-17H2,1-8H3;2*3-7H,1-2H3;1-3H,4H2;1H2;2*1H;. The van der Waals surface area contributed by atoms with Crippen molar-refractivity contribution < 1.29 is 18.3 Å². The second kappa shape index (κ2) is 13.4. The third-order valence-electron chi connectivity index (χ3n) is 19.6. The van der Waals surface area contributed by atoms with Crippen LogP contribution in [0, 0.1) is 27.6 Å². The summed E-state index contributed by atoms with van der Waals surface area (Å²) in [6.45, 7) is 32.4. The molecule has 0 radical (unpaired) electrons. The van der Waals surface area contributed by atoms with Crippen LogP contribution >= 0.6 is 24.8 Å². The van der Waals surface area contributed by atoms with E-state index in [2.05, 4.69) is 198 Å². The zero-order valence-electron chi connectivity index (χ0n) is 36.4. The fraction of sp³-hybridized carbons (Fsp3) is 0.453. The number of allylic oxidation sites excluding steroid dienone is 10. The molecule has 0 spiro atoms. The summed E-state index contributed by atoms with van der Waals surface area (Å²) in [5.41, 5.74) is 12.1. The molecule has 0 heterocycles. The van der Waals surface area contributed by atoms with E-state index >= 15 is 0 Å². The Bertz CT molecular complexity index is 2230. The van der Waals surface area contributed by atoms with Gasteiger partial charge in [-0.05, 0) is 0 Å². The molecular formula is C53H68Cl2Zr. The van der Waals surface area contributed by atoms with Gasteiger partial charge in [-0.1, -0.05) is 0 Å². The van der Waals surface area contributed by atoms with Crippen molar-refractivity contribution in [1.82, 2.24) is 0 Å². The maximum absolute atomic E-state index is 6.41. The maximum atomic E-state index is 6.41. The SMILES string of the molecule is Cl.Cl.[CH2]=[Zr]([C]1=CC=CC1)([C](C)(C)c1ccccc1)([C](C)(C)c1ccccc1)[C]1(C)C2=C3Cc4ccccc4C3=C3C=CCCC3C2(C)C(C)(C)C(C)(C)C1(C)C. The average Bonchev–Trinajstić information content (AvgIpc) is 3.84. The van der Waals surface area contributed by atoms with Crippen molar-refractivity contribution in [3.63, 3.8) is 0 Å². The molecule has 0 N–H and O–H groups in total. The van der Waals surface area contributed by atoms with Crippen molar-refractivity contribution in [2.75, 3.05) is 0 Å². The second-order valence-electron chi connectivity index (χ2n) is 21.0. The molecule has 3 aromatic rings. The van der Waals surface area contributed by atoms with Gasteiger partial charge in [-0.2, -0.15) is 0 Å². The minimum absolute atomic E-state index is 0. The van der Waals surface area contributed by atoms with E-state index in [4.69, 9.17) is 4.21 Å². The number of fused-ring (bicyclic) bond motifs is 6. The molecule has 56 heavy (non-hydrogen) atoms. The summed E-state index contributed by atoms with van der Waals surface area (Å²) in [5.74, 6) is 0.426. The summed E-state index contributed by atoms with van der Waals surface area (Å²) in [6.07, 6.45) is 16.8. The number of hydrogen-bond donors (Lipinski definition) is 0. The monoisotopic (exact) mass is 864 g/mol. The van der Waals surface area contributed by atoms with E-state index in [1.54, 1.807) is 25.6 Å². The molecule has 0 amide bonds. The molecule has 298 valence electrons. The second-order valence-corrected chi connectivity index (χ2v) is 38.4. The first-order chi connectivity index (χ1) is 25.2. The normalized spacial score (nSPS) is 27.3. The van der Waals surface area contributed by atoms with Crippen molar-refractivity contribution >= 4 is 34.6 Å². The predicted molar refractivity (Wildman–Crippen MR) is 246 cm³/mol. The Morgan fingerprint density at radius 1 is 0.661 bits per heavy atom. The Hall–Kier alpha value is -2.31. The van der Waals surface area contributed by atoms with E-state index in [9.17, 15) is 0 Å². The van der Waals surface area contributed by atoms with Crippen molar-refractivity contribution in [2.24, 2.45) is 27.6 Å². The first kappa shape index (κ1) is 43.3. The third-order valence-corrected chi connectivity index (χ3v) is 46.5. The van der Waals surface area contributed by atoms with Gasteiger partial charge in [-0.15, -0.1) is 24.8 Å². The quantitative estimate of drug-likeness (QED) is 0.232. The molecular weight excluding hydrogens is 799 g/mol. The van der Waals surface area contributed by atoms with Crippen LogP contribution in [0.15, 0.2) is 135 Å². The number of rotatable bonds is 6. The molecule has 0 aromatic heterocycles. The fourth-order valence-electron chi connectivity index (χ4n) is 15.3. The van der Waals surface area contributed by atoms with Gasteiger partial charge in [0, 0.05) is 0 Å². The first-order valence-corrected chi connectivity index (χ1v) is 27.6. The van der Waals surface area contributed by atoms with Crippen LogP contribution in [-0.2, 0) is 31.0 Å². The molecule has 8 rings (SSSR count). The van der Waals surface area contributed by atoms with Gasteiger partial charge in [0.1, 0.15) is 0 Å². The van der Waals surface area contributed by atoms with Crippen molar-refractivity contribution in [2.45, 2.75) is 118 Å². The van der Waals surface area contributed by atoms with Gasteiger partial charge in [0.2, 0.25) is 0 Å². The van der Waals surface area contributed by atoms with E-state index in [1.165, 1.54) is 28.7 Å². The summed E-state index contributed by atoms with van der Waals surface area (Å²) in [4.78, 5) is 0. The Kier molecular flexibility index (Phi) is 10.3. The van der Waals surface area contributed by atoms with Gasteiger partial charge >= 0.3 is 331 Å². The van der Waals surface area contributed by atoms with Crippen LogP contribution in [0.3, 0.4) is 0 Å². The van der Waals surface area contributed by atoms with Gasteiger partial charge in [0.15, 0.2) is 0 Å². The Morgan fingerprint density at radius 2 is 1.20 bits per heavy atom. The van der Waals surface area contributed by atoms with Crippen LogP contribution in [0.25, 0.3) is 5.57 Å². The van der Waals surface area contributed by atoms with Gasteiger partial charge in [0.25, 0.3) is 0 Å². The molecule has 3 atom stereocenters. The molecule has 1 saturated carbocycles. The van der Waals surface area contributed by atoms with Gasteiger partial charge < -0.3 is 0 Å². The van der Waals surface area contributed by atoms with Crippen molar-refractivity contribution in [3.8, 4) is 0 Å². The molecule has 5 aliphatic rings. The summed E-state index contributed by atoms with van der Waals surface area (Å²) < 4.78 is 7.29. The molecule has 0 aliphatic heterocycles. The number of hydrogen-bond acceptors (Lipinski definition) is 0. The summed E-state index contributed by atoms with van der Waals surface area (Å²) >= 11 is -5.37. The minimum atomic E-state index is -5.37. The molecule has 5 aliphatic carbocycles. The predicted octanol–water partition coefficient (Wildman–Crippen LogP) is 15.2. The molecule has 0 bridgehead atoms. The molecule has 3 heteroatoms. The topological polar surface area (TPSA) is 0 Å². The van der Waals surface area contributed by atoms with Crippen molar-refractivity contribution in [3.05, 3.63) is 158 Å². The Morgan fingerprint density at radius 3 is 1.73 bits per heavy atom. The zero-order chi connectivity index (χ0) is 39.0. The molecule has 1 fully saturated rings. The third kappa shape index (κ3) is 4.45. The van der Waals surface area contributed by atoms with E-state index in [0.717, 1.165) is 19.3 Å². The number of halogens is 2. The molecule has 3 unspecified atom stereocenters. The van der Waals surface area contributed by atoms with Crippen molar-refractivity contribution in [1.29, 1.82) is 0 Å². The van der Waals surface area contributed by atoms with Crippen LogP contribution in [0.5, 0.6) is 0 Å². The van der Waals surface area contributed by atoms with Gasteiger partial charge in [-0.3, -0.25) is 0 Å². The van der Waals surface area contributed by atoms with E-state index in [1.807, 2.05) is 0 Å². The summed E-state index contributed by atoms with van der Waals surface area (Å²) in [5, 5.41) is 0. The summed E-state index contributed by atoms with van der Waals surface area (Å²) in [7, 11) is 0. The summed E-state index contributed by atoms with van der Waals surface area (Å²) in [6, 6.07) is 32.8. The van der Waals surface area contributed by atoms with Crippen LogP contribution in [0.2, 0.25) is 3.12 Å². The molecule has 0 saturated heterocycles. The van der Waals surface area contributed by atoms with E-state index in [-0.39, 0.29) is 55.8 Å². The molecule has 0 nitrogen and oxygen atoms in total. The van der Waals surface area contributed by atoms with Crippen LogP contribution in [0.1, 0.15) is 125 Å². The van der Waals surface area contributed by atoms with Crippen LogP contribution in [0.4, 0.5) is 0 Å². The molecule has 3 aromatic carbocycles. The van der Waals surface area contributed by atoms with Gasteiger partial charge in [-0.25, -0.2) is 0 Å². The first-order valence-electron chi connectivity index (χ1n) is 20.9.